The third-order valence-electron chi connectivity index (χ3n) is 3.80. The summed E-state index contributed by atoms with van der Waals surface area (Å²) >= 11 is 0. The molecule has 0 amide bonds. The number of benzene rings is 3. The quantitative estimate of drug-likeness (QED) is 0.599. The average Bonchev–Trinajstić information content (AvgIpc) is 2.69. The van der Waals surface area contributed by atoms with Crippen LogP contribution in [0.5, 0.6) is 5.75 Å². The van der Waals surface area contributed by atoms with Crippen LogP contribution in [-0.2, 0) is 0 Å². The minimum atomic E-state index is 0.181. The van der Waals surface area contributed by atoms with Crippen LogP contribution in [0, 0.1) is 0 Å². The number of aromatic nitrogens is 3. The van der Waals surface area contributed by atoms with E-state index in [0.29, 0.717) is 17.5 Å². The largest absolute Gasteiger partial charge is 0.508 e. The number of rotatable bonds is 3. The molecule has 0 atom stereocenters. The van der Waals surface area contributed by atoms with E-state index in [2.05, 4.69) is 15.0 Å². The standard InChI is InChI=1S/C21H15N3O/c25-18-13-7-12-17(14-18)21-23-19(15-8-3-1-4-9-15)22-20(24-21)16-10-5-2-6-11-16/h1-14,25H. The second-order valence-corrected chi connectivity index (χ2v) is 5.59. The van der Waals surface area contributed by atoms with E-state index >= 15 is 0 Å². The van der Waals surface area contributed by atoms with E-state index in [1.54, 1.807) is 18.2 Å². The zero-order valence-electron chi connectivity index (χ0n) is 13.4. The van der Waals surface area contributed by atoms with Gasteiger partial charge in [-0.05, 0) is 12.1 Å². The van der Waals surface area contributed by atoms with E-state index in [4.69, 9.17) is 0 Å². The predicted octanol–water partition coefficient (Wildman–Crippen LogP) is 4.58. The van der Waals surface area contributed by atoms with Gasteiger partial charge in [-0.15, -0.1) is 0 Å². The highest BCUT2D eigenvalue weighted by Crippen LogP contribution is 2.25. The minimum Gasteiger partial charge on any atom is -0.508 e. The highest BCUT2D eigenvalue weighted by Gasteiger charge is 2.12. The Kier molecular flexibility index (Phi) is 3.92. The topological polar surface area (TPSA) is 58.9 Å². The van der Waals surface area contributed by atoms with Gasteiger partial charge in [0.15, 0.2) is 17.5 Å². The van der Waals surface area contributed by atoms with Gasteiger partial charge in [0.25, 0.3) is 0 Å². The Labute approximate surface area is 145 Å². The van der Waals surface area contributed by atoms with Crippen molar-refractivity contribution in [2.24, 2.45) is 0 Å². The number of phenols is 1. The first-order valence-electron chi connectivity index (χ1n) is 7.96. The van der Waals surface area contributed by atoms with Crippen molar-refractivity contribution in [2.75, 3.05) is 0 Å². The van der Waals surface area contributed by atoms with Gasteiger partial charge in [0.1, 0.15) is 5.75 Å². The van der Waals surface area contributed by atoms with Crippen LogP contribution in [0.15, 0.2) is 84.9 Å². The zero-order chi connectivity index (χ0) is 17.1. The van der Waals surface area contributed by atoms with Crippen molar-refractivity contribution >= 4 is 0 Å². The molecule has 0 fully saturated rings. The molecule has 0 aliphatic rings. The van der Waals surface area contributed by atoms with Crippen LogP contribution in [-0.4, -0.2) is 20.1 Å². The van der Waals surface area contributed by atoms with Crippen molar-refractivity contribution in [3.05, 3.63) is 84.9 Å². The van der Waals surface area contributed by atoms with E-state index in [-0.39, 0.29) is 5.75 Å². The van der Waals surface area contributed by atoms with Crippen molar-refractivity contribution in [3.8, 4) is 39.9 Å². The van der Waals surface area contributed by atoms with Gasteiger partial charge >= 0.3 is 0 Å². The lowest BCUT2D eigenvalue weighted by atomic mass is 10.1. The highest BCUT2D eigenvalue weighted by atomic mass is 16.3. The molecule has 0 aliphatic heterocycles. The maximum Gasteiger partial charge on any atom is 0.164 e. The van der Waals surface area contributed by atoms with Crippen molar-refractivity contribution < 1.29 is 5.11 Å². The van der Waals surface area contributed by atoms with Gasteiger partial charge in [-0.25, -0.2) is 15.0 Å². The molecule has 4 aromatic rings. The Morgan fingerprint density at radius 3 is 1.40 bits per heavy atom. The van der Waals surface area contributed by atoms with Gasteiger partial charge in [0.05, 0.1) is 0 Å². The van der Waals surface area contributed by atoms with Gasteiger partial charge in [-0.3, -0.25) is 0 Å². The van der Waals surface area contributed by atoms with Gasteiger partial charge in [-0.2, -0.15) is 0 Å². The number of aromatic hydroxyl groups is 1. The molecule has 0 unspecified atom stereocenters. The Morgan fingerprint density at radius 1 is 0.480 bits per heavy atom. The maximum atomic E-state index is 9.78. The van der Waals surface area contributed by atoms with Crippen LogP contribution >= 0.6 is 0 Å². The molecule has 1 N–H and O–H groups in total. The number of hydrogen-bond donors (Lipinski definition) is 1. The fourth-order valence-corrected chi connectivity index (χ4v) is 2.58. The van der Waals surface area contributed by atoms with Crippen LogP contribution in [0.1, 0.15) is 0 Å². The normalized spacial score (nSPS) is 10.6. The molecule has 3 aromatic carbocycles. The van der Waals surface area contributed by atoms with Crippen molar-refractivity contribution in [1.82, 2.24) is 15.0 Å². The summed E-state index contributed by atoms with van der Waals surface area (Å²) in [6, 6.07) is 26.5. The van der Waals surface area contributed by atoms with E-state index in [9.17, 15) is 5.11 Å². The molecule has 0 saturated carbocycles. The highest BCUT2D eigenvalue weighted by molar-refractivity contribution is 5.66. The lowest BCUT2D eigenvalue weighted by Crippen LogP contribution is -1.99. The Balaban J connectivity index is 1.92. The molecule has 4 nitrogen and oxygen atoms in total. The van der Waals surface area contributed by atoms with Crippen LogP contribution < -0.4 is 0 Å². The molecule has 0 aliphatic carbocycles. The molecule has 1 aromatic heterocycles. The molecule has 0 radical (unpaired) electrons. The number of nitrogens with zero attached hydrogens (tertiary/aromatic N) is 3. The van der Waals surface area contributed by atoms with E-state index in [1.165, 1.54) is 0 Å². The van der Waals surface area contributed by atoms with Gasteiger partial charge < -0.3 is 5.11 Å². The van der Waals surface area contributed by atoms with E-state index < -0.39 is 0 Å². The summed E-state index contributed by atoms with van der Waals surface area (Å²) in [6.07, 6.45) is 0. The second-order valence-electron chi connectivity index (χ2n) is 5.59. The fraction of sp³-hybridized carbons (Fsp3) is 0. The smallest absolute Gasteiger partial charge is 0.164 e. The number of hydrogen-bond acceptors (Lipinski definition) is 4. The lowest BCUT2D eigenvalue weighted by molar-refractivity contribution is 0.475. The summed E-state index contributed by atoms with van der Waals surface area (Å²) in [6.45, 7) is 0. The van der Waals surface area contributed by atoms with Crippen LogP contribution in [0.4, 0.5) is 0 Å². The summed E-state index contributed by atoms with van der Waals surface area (Å²) in [7, 11) is 0. The first-order chi connectivity index (χ1) is 12.3. The Hall–Kier alpha value is -3.53. The Bertz CT molecular complexity index is 944. The second kappa shape index (κ2) is 6.53. The maximum absolute atomic E-state index is 9.78. The van der Waals surface area contributed by atoms with Gasteiger partial charge in [0, 0.05) is 16.7 Å². The minimum absolute atomic E-state index is 0.181. The molecular weight excluding hydrogens is 310 g/mol. The summed E-state index contributed by atoms with van der Waals surface area (Å²) < 4.78 is 0. The first-order valence-corrected chi connectivity index (χ1v) is 7.96. The van der Waals surface area contributed by atoms with Crippen molar-refractivity contribution in [1.29, 1.82) is 0 Å². The third-order valence-corrected chi connectivity index (χ3v) is 3.80. The monoisotopic (exact) mass is 325 g/mol. The van der Waals surface area contributed by atoms with E-state index in [0.717, 1.165) is 16.7 Å². The Morgan fingerprint density at radius 2 is 0.920 bits per heavy atom. The first kappa shape index (κ1) is 15.0. The molecule has 0 saturated heterocycles. The van der Waals surface area contributed by atoms with Crippen LogP contribution in [0.25, 0.3) is 34.2 Å². The fourth-order valence-electron chi connectivity index (χ4n) is 2.58. The molecule has 0 bridgehead atoms. The molecule has 4 heteroatoms. The lowest BCUT2D eigenvalue weighted by Gasteiger charge is -2.08. The summed E-state index contributed by atoms with van der Waals surface area (Å²) in [5.74, 6) is 1.92. The molecular formula is C21H15N3O. The molecule has 0 spiro atoms. The van der Waals surface area contributed by atoms with Crippen molar-refractivity contribution in [2.45, 2.75) is 0 Å². The van der Waals surface area contributed by atoms with E-state index in [1.807, 2.05) is 66.7 Å². The average molecular weight is 325 g/mol. The molecule has 4 rings (SSSR count). The summed E-state index contributed by atoms with van der Waals surface area (Å²) in [5.41, 5.74) is 2.59. The van der Waals surface area contributed by atoms with Crippen molar-refractivity contribution in [3.63, 3.8) is 0 Å². The molecule has 1 heterocycles. The zero-order valence-corrected chi connectivity index (χ0v) is 13.4. The third kappa shape index (κ3) is 3.23. The van der Waals surface area contributed by atoms with Gasteiger partial charge in [-0.1, -0.05) is 72.8 Å². The predicted molar refractivity (Wildman–Crippen MR) is 97.8 cm³/mol. The molecule has 25 heavy (non-hydrogen) atoms. The number of phenolic OH excluding ortho intramolecular Hbond substituents is 1. The summed E-state index contributed by atoms with van der Waals surface area (Å²) in [5, 5.41) is 9.78. The van der Waals surface area contributed by atoms with Crippen LogP contribution in [0.2, 0.25) is 0 Å². The van der Waals surface area contributed by atoms with Gasteiger partial charge in [0.2, 0.25) is 0 Å². The summed E-state index contributed by atoms with van der Waals surface area (Å²) in [4.78, 5) is 13.9. The van der Waals surface area contributed by atoms with Crippen LogP contribution in [0.3, 0.4) is 0 Å². The molecule has 120 valence electrons. The SMILES string of the molecule is Oc1cccc(-c2nc(-c3ccccc3)nc(-c3ccccc3)n2)c1.